The van der Waals surface area contributed by atoms with Gasteiger partial charge in [-0.25, -0.2) is 0 Å². The molecule has 3 unspecified atom stereocenters. The molecule has 112 valence electrons. The minimum atomic E-state index is 0. The SMILES string of the molecule is CC(N)C1CCCN(C2CCCc3ccccc32)C1.Cl. The smallest absolute Gasteiger partial charge is 0.0351 e. The Hall–Kier alpha value is -0.570. The van der Waals surface area contributed by atoms with Gasteiger partial charge in [0.25, 0.3) is 0 Å². The third-order valence-corrected chi connectivity index (χ3v) is 5.01. The summed E-state index contributed by atoms with van der Waals surface area (Å²) in [5.74, 6) is 0.683. The lowest BCUT2D eigenvalue weighted by Gasteiger charge is -2.42. The van der Waals surface area contributed by atoms with E-state index in [1.807, 2.05) is 0 Å². The number of halogens is 1. The van der Waals surface area contributed by atoms with Crippen molar-refractivity contribution in [3.05, 3.63) is 35.4 Å². The molecule has 3 rings (SSSR count). The molecule has 0 spiro atoms. The molecule has 2 N–H and O–H groups in total. The number of hydrogen-bond donors (Lipinski definition) is 1. The number of nitrogens with two attached hydrogens (primary N) is 1. The van der Waals surface area contributed by atoms with Crippen molar-refractivity contribution >= 4 is 12.4 Å². The first kappa shape index (κ1) is 15.8. The van der Waals surface area contributed by atoms with Crippen LogP contribution in [0.1, 0.15) is 49.8 Å². The summed E-state index contributed by atoms with van der Waals surface area (Å²) in [5.41, 5.74) is 9.28. The van der Waals surface area contributed by atoms with Crippen molar-refractivity contribution < 1.29 is 0 Å². The van der Waals surface area contributed by atoms with Crippen LogP contribution < -0.4 is 5.73 Å². The minimum absolute atomic E-state index is 0. The van der Waals surface area contributed by atoms with Gasteiger partial charge < -0.3 is 5.73 Å². The van der Waals surface area contributed by atoms with Crippen LogP contribution in [0.25, 0.3) is 0 Å². The molecular formula is C17H27ClN2. The Morgan fingerprint density at radius 3 is 2.80 bits per heavy atom. The zero-order chi connectivity index (χ0) is 13.2. The van der Waals surface area contributed by atoms with Gasteiger partial charge in [-0.15, -0.1) is 12.4 Å². The Labute approximate surface area is 129 Å². The highest BCUT2D eigenvalue weighted by Crippen LogP contribution is 2.36. The molecule has 2 aliphatic rings. The highest BCUT2D eigenvalue weighted by molar-refractivity contribution is 5.85. The van der Waals surface area contributed by atoms with Gasteiger partial charge in [0.1, 0.15) is 0 Å². The molecule has 1 aromatic rings. The van der Waals surface area contributed by atoms with Crippen LogP contribution in [-0.2, 0) is 6.42 Å². The molecule has 0 amide bonds. The molecule has 1 aromatic carbocycles. The molecular weight excluding hydrogens is 268 g/mol. The Bertz CT molecular complexity index is 433. The number of piperidine rings is 1. The van der Waals surface area contributed by atoms with Crippen molar-refractivity contribution in [3.8, 4) is 0 Å². The van der Waals surface area contributed by atoms with Gasteiger partial charge >= 0.3 is 0 Å². The van der Waals surface area contributed by atoms with Crippen molar-refractivity contribution in [1.29, 1.82) is 0 Å². The van der Waals surface area contributed by atoms with E-state index in [4.69, 9.17) is 5.73 Å². The van der Waals surface area contributed by atoms with Crippen molar-refractivity contribution in [2.24, 2.45) is 11.7 Å². The van der Waals surface area contributed by atoms with Gasteiger partial charge in [0, 0.05) is 18.6 Å². The fourth-order valence-corrected chi connectivity index (χ4v) is 3.86. The Balaban J connectivity index is 0.00000147. The van der Waals surface area contributed by atoms with Crippen molar-refractivity contribution in [2.45, 2.75) is 51.1 Å². The molecule has 3 heteroatoms. The summed E-state index contributed by atoms with van der Waals surface area (Å²) in [4.78, 5) is 2.70. The Morgan fingerprint density at radius 2 is 2.00 bits per heavy atom. The highest BCUT2D eigenvalue weighted by atomic mass is 35.5. The maximum Gasteiger partial charge on any atom is 0.0351 e. The van der Waals surface area contributed by atoms with Crippen molar-refractivity contribution in [1.82, 2.24) is 4.90 Å². The fourth-order valence-electron chi connectivity index (χ4n) is 3.86. The summed E-state index contributed by atoms with van der Waals surface area (Å²) >= 11 is 0. The van der Waals surface area contributed by atoms with E-state index in [1.54, 1.807) is 11.1 Å². The number of benzene rings is 1. The van der Waals surface area contributed by atoms with E-state index < -0.39 is 0 Å². The van der Waals surface area contributed by atoms with E-state index in [1.165, 1.54) is 45.2 Å². The van der Waals surface area contributed by atoms with Gasteiger partial charge in [0.05, 0.1) is 0 Å². The average Bonchev–Trinajstić information content (AvgIpc) is 2.47. The number of likely N-dealkylation sites (tertiary alicyclic amines) is 1. The monoisotopic (exact) mass is 294 g/mol. The molecule has 1 fully saturated rings. The third kappa shape index (κ3) is 3.19. The standard InChI is InChI=1S/C17H26N2.ClH/c1-13(18)15-8-5-11-19(12-15)17-10-4-7-14-6-2-3-9-16(14)17;/h2-3,6,9,13,15,17H,4-5,7-8,10-12,18H2,1H3;1H. The molecule has 0 saturated carbocycles. The molecule has 0 radical (unpaired) electrons. The highest BCUT2D eigenvalue weighted by Gasteiger charge is 2.30. The molecule has 1 heterocycles. The number of nitrogens with zero attached hydrogens (tertiary/aromatic N) is 1. The van der Waals surface area contributed by atoms with Crippen LogP contribution in [0, 0.1) is 5.92 Å². The lowest BCUT2D eigenvalue weighted by Crippen LogP contribution is -2.44. The van der Waals surface area contributed by atoms with Crippen molar-refractivity contribution in [2.75, 3.05) is 13.1 Å². The van der Waals surface area contributed by atoms with Gasteiger partial charge in [-0.1, -0.05) is 24.3 Å². The summed E-state index contributed by atoms with van der Waals surface area (Å²) in [5, 5.41) is 0. The second-order valence-electron chi connectivity index (χ2n) is 6.36. The lowest BCUT2D eigenvalue weighted by molar-refractivity contribution is 0.103. The van der Waals surface area contributed by atoms with Crippen LogP contribution in [0.4, 0.5) is 0 Å². The number of hydrogen-bond acceptors (Lipinski definition) is 2. The van der Waals surface area contributed by atoms with Crippen LogP contribution in [0.15, 0.2) is 24.3 Å². The fraction of sp³-hybridized carbons (Fsp3) is 0.647. The number of fused-ring (bicyclic) bond motifs is 1. The summed E-state index contributed by atoms with van der Waals surface area (Å²) in [6.45, 7) is 4.61. The van der Waals surface area contributed by atoms with Crippen LogP contribution in [0.3, 0.4) is 0 Å². The van der Waals surface area contributed by atoms with E-state index in [9.17, 15) is 0 Å². The molecule has 1 aliphatic heterocycles. The topological polar surface area (TPSA) is 29.3 Å². The van der Waals surface area contributed by atoms with Gasteiger partial charge in [-0.3, -0.25) is 4.90 Å². The van der Waals surface area contributed by atoms with E-state index in [0.717, 1.165) is 0 Å². The molecule has 2 nitrogen and oxygen atoms in total. The molecule has 1 saturated heterocycles. The number of aryl methyl sites for hydroxylation is 1. The van der Waals surface area contributed by atoms with Gasteiger partial charge in [0.2, 0.25) is 0 Å². The molecule has 20 heavy (non-hydrogen) atoms. The van der Waals surface area contributed by atoms with Crippen LogP contribution in [0.2, 0.25) is 0 Å². The maximum atomic E-state index is 6.13. The normalized spacial score (nSPS) is 28.3. The lowest BCUT2D eigenvalue weighted by atomic mass is 9.84. The zero-order valence-corrected chi connectivity index (χ0v) is 13.2. The molecule has 3 atom stereocenters. The Morgan fingerprint density at radius 1 is 1.20 bits per heavy atom. The van der Waals surface area contributed by atoms with Crippen LogP contribution >= 0.6 is 12.4 Å². The van der Waals surface area contributed by atoms with Gasteiger partial charge in [-0.05, 0) is 62.6 Å². The zero-order valence-electron chi connectivity index (χ0n) is 12.4. The van der Waals surface area contributed by atoms with Crippen LogP contribution in [-0.4, -0.2) is 24.0 Å². The second kappa shape index (κ2) is 6.93. The quantitative estimate of drug-likeness (QED) is 0.904. The number of rotatable bonds is 2. The predicted molar refractivity (Wildman–Crippen MR) is 87.3 cm³/mol. The van der Waals surface area contributed by atoms with Crippen LogP contribution in [0.5, 0.6) is 0 Å². The first-order valence-electron chi connectivity index (χ1n) is 7.83. The maximum absolute atomic E-state index is 6.13. The summed E-state index contributed by atoms with van der Waals surface area (Å²) in [7, 11) is 0. The summed E-state index contributed by atoms with van der Waals surface area (Å²) in [6.07, 6.45) is 6.54. The van der Waals surface area contributed by atoms with Gasteiger partial charge in [0.15, 0.2) is 0 Å². The summed E-state index contributed by atoms with van der Waals surface area (Å²) in [6, 6.07) is 10.0. The predicted octanol–water partition coefficient (Wildman–Crippen LogP) is 3.55. The van der Waals surface area contributed by atoms with E-state index in [-0.39, 0.29) is 12.4 Å². The summed E-state index contributed by atoms with van der Waals surface area (Å²) < 4.78 is 0. The van der Waals surface area contributed by atoms with E-state index in [0.29, 0.717) is 18.0 Å². The van der Waals surface area contributed by atoms with Gasteiger partial charge in [-0.2, -0.15) is 0 Å². The van der Waals surface area contributed by atoms with Crippen molar-refractivity contribution in [3.63, 3.8) is 0 Å². The first-order chi connectivity index (χ1) is 9.25. The second-order valence-corrected chi connectivity index (χ2v) is 6.36. The van der Waals surface area contributed by atoms with E-state index >= 15 is 0 Å². The molecule has 1 aliphatic carbocycles. The van der Waals surface area contributed by atoms with E-state index in [2.05, 4.69) is 36.1 Å². The minimum Gasteiger partial charge on any atom is -0.328 e. The third-order valence-electron chi connectivity index (χ3n) is 5.01. The first-order valence-corrected chi connectivity index (χ1v) is 7.83. The average molecular weight is 295 g/mol. The Kier molecular flexibility index (Phi) is 5.48. The largest absolute Gasteiger partial charge is 0.328 e. The molecule has 0 bridgehead atoms. The molecule has 0 aromatic heterocycles.